The van der Waals surface area contributed by atoms with Crippen LogP contribution in [0.3, 0.4) is 0 Å². The highest BCUT2D eigenvalue weighted by Gasteiger charge is 2.16. The minimum Gasteiger partial charge on any atom is -0.373 e. The minimum absolute atomic E-state index is 0.112. The number of rotatable bonds is 3. The number of nitrogens with zero attached hydrogens (tertiary/aromatic N) is 1. The van der Waals surface area contributed by atoms with Gasteiger partial charge in [-0.15, -0.1) is 11.3 Å². The van der Waals surface area contributed by atoms with Crippen molar-refractivity contribution in [2.24, 2.45) is 0 Å². The van der Waals surface area contributed by atoms with Crippen LogP contribution in [0, 0.1) is 18.6 Å². The summed E-state index contributed by atoms with van der Waals surface area (Å²) in [5.74, 6) is -1.23. The number of thiazole rings is 1. The van der Waals surface area contributed by atoms with Crippen LogP contribution in [0.5, 0.6) is 0 Å². The zero-order chi connectivity index (χ0) is 13.3. The van der Waals surface area contributed by atoms with Gasteiger partial charge in [0.25, 0.3) is 0 Å². The molecule has 2 rings (SSSR count). The smallest absolute Gasteiger partial charge is 0.150 e. The molecule has 1 aromatic carbocycles. The zero-order valence-electron chi connectivity index (χ0n) is 9.80. The molecule has 0 aliphatic heterocycles. The predicted molar refractivity (Wildman–Crippen MR) is 72.9 cm³/mol. The number of aromatic nitrogens is 1. The van der Waals surface area contributed by atoms with Crippen LogP contribution in [0.15, 0.2) is 22.1 Å². The monoisotopic (exact) mass is 332 g/mol. The summed E-state index contributed by atoms with van der Waals surface area (Å²) in [5, 5.41) is 2.85. The van der Waals surface area contributed by atoms with Gasteiger partial charge in [0.15, 0.2) is 0 Å². The molecule has 0 radical (unpaired) electrons. The zero-order valence-corrected chi connectivity index (χ0v) is 12.2. The fraction of sp³-hybridized carbons (Fsp3) is 0.250. The maximum absolute atomic E-state index is 13.7. The summed E-state index contributed by atoms with van der Waals surface area (Å²) in [6.07, 6.45) is 0. The first-order valence-corrected chi connectivity index (χ1v) is 6.97. The Hall–Kier alpha value is -1.01. The Labute approximate surface area is 116 Å². The average molecular weight is 333 g/mol. The molecule has 0 amide bonds. The second-order valence-corrected chi connectivity index (χ2v) is 5.71. The van der Waals surface area contributed by atoms with Crippen molar-refractivity contribution in [1.82, 2.24) is 4.98 Å². The Bertz CT molecular complexity index is 548. The van der Waals surface area contributed by atoms with Gasteiger partial charge in [0.1, 0.15) is 17.3 Å². The molecular formula is C12H11BrF2N2S. The molecule has 2 aromatic rings. The lowest BCUT2D eigenvalue weighted by Gasteiger charge is -2.15. The lowest BCUT2D eigenvalue weighted by molar-refractivity contribution is 0.583. The maximum atomic E-state index is 13.7. The SMILES string of the molecule is Cc1ncsc1C(C)Nc1c(F)cc(Br)cc1F. The van der Waals surface area contributed by atoms with Crippen LogP contribution in [0.4, 0.5) is 14.5 Å². The summed E-state index contributed by atoms with van der Waals surface area (Å²) in [6.45, 7) is 3.72. The minimum atomic E-state index is -0.615. The van der Waals surface area contributed by atoms with E-state index in [4.69, 9.17) is 0 Å². The van der Waals surface area contributed by atoms with Gasteiger partial charge in [0.05, 0.1) is 17.2 Å². The van der Waals surface area contributed by atoms with Crippen molar-refractivity contribution >= 4 is 33.0 Å². The molecule has 96 valence electrons. The summed E-state index contributed by atoms with van der Waals surface area (Å²) in [6, 6.07) is 2.28. The molecule has 0 fully saturated rings. The van der Waals surface area contributed by atoms with Crippen LogP contribution in [0.1, 0.15) is 23.5 Å². The van der Waals surface area contributed by atoms with Crippen LogP contribution >= 0.6 is 27.3 Å². The highest BCUT2D eigenvalue weighted by Crippen LogP contribution is 2.29. The van der Waals surface area contributed by atoms with Crippen molar-refractivity contribution in [2.45, 2.75) is 19.9 Å². The largest absolute Gasteiger partial charge is 0.373 e. The number of hydrogen-bond donors (Lipinski definition) is 1. The van der Waals surface area contributed by atoms with E-state index >= 15 is 0 Å². The first-order chi connectivity index (χ1) is 8.49. The molecule has 1 atom stereocenters. The van der Waals surface area contributed by atoms with Crippen LogP contribution in [-0.2, 0) is 0 Å². The summed E-state index contributed by atoms with van der Waals surface area (Å²) >= 11 is 4.51. The van der Waals surface area contributed by atoms with E-state index in [-0.39, 0.29) is 11.7 Å². The van der Waals surface area contributed by atoms with Crippen LogP contribution < -0.4 is 5.32 Å². The quantitative estimate of drug-likeness (QED) is 0.883. The second kappa shape index (κ2) is 5.32. The third kappa shape index (κ3) is 2.70. The number of hydrogen-bond acceptors (Lipinski definition) is 3. The van der Waals surface area contributed by atoms with E-state index in [2.05, 4.69) is 26.2 Å². The molecule has 0 bridgehead atoms. The highest BCUT2D eigenvalue weighted by atomic mass is 79.9. The predicted octanol–water partition coefficient (Wildman–Crippen LogP) is 4.67. The van der Waals surface area contributed by atoms with E-state index < -0.39 is 11.6 Å². The van der Waals surface area contributed by atoms with E-state index in [9.17, 15) is 8.78 Å². The average Bonchev–Trinajstić information content (AvgIpc) is 2.69. The summed E-state index contributed by atoms with van der Waals surface area (Å²) in [5.41, 5.74) is 2.48. The molecule has 1 aromatic heterocycles. The summed E-state index contributed by atoms with van der Waals surface area (Å²) in [7, 11) is 0. The van der Waals surface area contributed by atoms with Gasteiger partial charge >= 0.3 is 0 Å². The molecule has 6 heteroatoms. The Morgan fingerprint density at radius 3 is 2.44 bits per heavy atom. The number of halogens is 3. The molecule has 0 spiro atoms. The van der Waals surface area contributed by atoms with Gasteiger partial charge in [-0.25, -0.2) is 13.8 Å². The number of aryl methyl sites for hydroxylation is 1. The first kappa shape index (κ1) is 13.4. The molecular weight excluding hydrogens is 322 g/mol. The fourth-order valence-corrected chi connectivity index (χ4v) is 2.90. The molecule has 1 heterocycles. The van der Waals surface area contributed by atoms with Gasteiger partial charge in [-0.2, -0.15) is 0 Å². The van der Waals surface area contributed by atoms with Gasteiger partial charge in [0, 0.05) is 9.35 Å². The molecule has 0 aliphatic carbocycles. The Morgan fingerprint density at radius 1 is 1.33 bits per heavy atom. The molecule has 18 heavy (non-hydrogen) atoms. The summed E-state index contributed by atoms with van der Waals surface area (Å²) < 4.78 is 27.7. The second-order valence-electron chi connectivity index (χ2n) is 3.91. The molecule has 0 saturated heterocycles. The Balaban J connectivity index is 2.27. The summed E-state index contributed by atoms with van der Waals surface area (Å²) in [4.78, 5) is 5.09. The van der Waals surface area contributed by atoms with E-state index in [0.29, 0.717) is 4.47 Å². The lowest BCUT2D eigenvalue weighted by atomic mass is 10.2. The van der Waals surface area contributed by atoms with Crippen LogP contribution in [0.2, 0.25) is 0 Å². The molecule has 1 unspecified atom stereocenters. The normalized spacial score (nSPS) is 12.5. The van der Waals surface area contributed by atoms with Crippen molar-refractivity contribution in [1.29, 1.82) is 0 Å². The van der Waals surface area contributed by atoms with E-state index in [0.717, 1.165) is 10.6 Å². The van der Waals surface area contributed by atoms with Gasteiger partial charge in [-0.05, 0) is 26.0 Å². The van der Waals surface area contributed by atoms with Crippen LogP contribution in [0.25, 0.3) is 0 Å². The molecule has 0 saturated carbocycles. The van der Waals surface area contributed by atoms with Gasteiger partial charge < -0.3 is 5.32 Å². The van der Waals surface area contributed by atoms with Crippen molar-refractivity contribution in [3.8, 4) is 0 Å². The Morgan fingerprint density at radius 2 is 1.94 bits per heavy atom. The van der Waals surface area contributed by atoms with Gasteiger partial charge in [0.2, 0.25) is 0 Å². The molecule has 1 N–H and O–H groups in total. The Kier molecular flexibility index (Phi) is 3.97. The van der Waals surface area contributed by atoms with Gasteiger partial charge in [-0.3, -0.25) is 0 Å². The lowest BCUT2D eigenvalue weighted by Crippen LogP contribution is -2.09. The van der Waals surface area contributed by atoms with E-state index in [1.54, 1.807) is 5.51 Å². The first-order valence-electron chi connectivity index (χ1n) is 5.30. The molecule has 2 nitrogen and oxygen atoms in total. The number of benzene rings is 1. The highest BCUT2D eigenvalue weighted by molar-refractivity contribution is 9.10. The standard InChI is InChI=1S/C12H11BrF2N2S/c1-6-12(18-5-16-6)7(2)17-11-9(14)3-8(13)4-10(11)15/h3-5,7,17H,1-2H3. The molecule has 0 aliphatic rings. The van der Waals surface area contributed by atoms with E-state index in [1.165, 1.54) is 23.5 Å². The number of nitrogens with one attached hydrogen (secondary N) is 1. The third-order valence-corrected chi connectivity index (χ3v) is 4.12. The maximum Gasteiger partial charge on any atom is 0.150 e. The third-order valence-electron chi connectivity index (χ3n) is 2.54. The van der Waals surface area contributed by atoms with Gasteiger partial charge in [-0.1, -0.05) is 15.9 Å². The fourth-order valence-electron chi connectivity index (χ4n) is 1.69. The number of anilines is 1. The van der Waals surface area contributed by atoms with Crippen molar-refractivity contribution in [3.05, 3.63) is 44.3 Å². The van der Waals surface area contributed by atoms with Crippen molar-refractivity contribution in [2.75, 3.05) is 5.32 Å². The van der Waals surface area contributed by atoms with Crippen molar-refractivity contribution < 1.29 is 8.78 Å². The van der Waals surface area contributed by atoms with E-state index in [1.807, 2.05) is 13.8 Å². The topological polar surface area (TPSA) is 24.9 Å². The van der Waals surface area contributed by atoms with Crippen molar-refractivity contribution in [3.63, 3.8) is 0 Å². The van der Waals surface area contributed by atoms with Crippen LogP contribution in [-0.4, -0.2) is 4.98 Å².